The first kappa shape index (κ1) is 11.5. The number of hydrogen-bond acceptors (Lipinski definition) is 0. The summed E-state index contributed by atoms with van der Waals surface area (Å²) in [5, 5.41) is 0. The van der Waals surface area contributed by atoms with E-state index < -0.39 is 0 Å². The molecule has 0 spiro atoms. The van der Waals surface area contributed by atoms with E-state index >= 15 is 0 Å². The average molecular weight is 128 g/mol. The lowest BCUT2D eigenvalue weighted by atomic mass is 10.3. The molecule has 0 N–H and O–H groups in total. The van der Waals surface area contributed by atoms with E-state index in [-0.39, 0.29) is 0 Å². The summed E-state index contributed by atoms with van der Waals surface area (Å²) in [5.41, 5.74) is 1.41. The van der Waals surface area contributed by atoms with Crippen LogP contribution in [-0.2, 0) is 0 Å². The van der Waals surface area contributed by atoms with Gasteiger partial charge in [-0.1, -0.05) is 38.8 Å². The molecule has 0 aliphatic rings. The van der Waals surface area contributed by atoms with E-state index in [1.807, 2.05) is 0 Å². The quantitative estimate of drug-likeness (QED) is 0.471. The highest BCUT2D eigenvalue weighted by molar-refractivity contribution is 4.91. The number of hydrogen-bond donors (Lipinski definition) is 0. The molecule has 56 valence electrons. The van der Waals surface area contributed by atoms with Crippen LogP contribution in [0.25, 0.3) is 0 Å². The lowest BCUT2D eigenvalue weighted by Crippen LogP contribution is -1.58. The van der Waals surface area contributed by atoms with Crippen LogP contribution in [0.4, 0.5) is 0 Å². The molecule has 0 saturated carbocycles. The molecule has 0 aliphatic heterocycles. The molecule has 0 aromatic rings. The highest BCUT2D eigenvalue weighted by Crippen LogP contribution is 1.88. The van der Waals surface area contributed by atoms with E-state index in [9.17, 15) is 0 Å². The molecule has 0 aromatic carbocycles. The standard InChI is InChI=1S/C6H12.C3H8/c1-4-5-6(2)3;1-3-2/h5H,4H2,1-3H3;3H2,1-2H3. The van der Waals surface area contributed by atoms with Crippen molar-refractivity contribution < 1.29 is 0 Å². The molecule has 0 aromatic heterocycles. The Labute approximate surface area is 60.0 Å². The molecule has 0 saturated heterocycles. The normalized spacial score (nSPS) is 7.22. The van der Waals surface area contributed by atoms with Crippen LogP contribution in [0.1, 0.15) is 47.5 Å². The van der Waals surface area contributed by atoms with Crippen molar-refractivity contribution in [1.82, 2.24) is 0 Å². The van der Waals surface area contributed by atoms with Gasteiger partial charge in [0.25, 0.3) is 0 Å². The molecule has 0 atom stereocenters. The number of rotatable bonds is 1. The maximum absolute atomic E-state index is 2.21. The highest BCUT2D eigenvalue weighted by Gasteiger charge is 1.67. The molecule has 0 heteroatoms. The Kier molecular flexibility index (Phi) is 13.7. The van der Waals surface area contributed by atoms with Crippen LogP contribution < -0.4 is 0 Å². The van der Waals surface area contributed by atoms with Crippen molar-refractivity contribution in [3.63, 3.8) is 0 Å². The zero-order chi connectivity index (χ0) is 7.70. The average Bonchev–Trinajstić information content (AvgIpc) is 1.67. The minimum absolute atomic E-state index is 1.17. The minimum atomic E-state index is 1.17. The predicted octanol–water partition coefficient (Wildman–Crippen LogP) is 3.78. The predicted molar refractivity (Wildman–Crippen MR) is 45.7 cm³/mol. The largest absolute Gasteiger partial charge is 0.0862 e. The third-order valence-corrected chi connectivity index (χ3v) is 0.612. The van der Waals surface area contributed by atoms with Gasteiger partial charge in [0.05, 0.1) is 0 Å². The topological polar surface area (TPSA) is 0 Å². The van der Waals surface area contributed by atoms with Gasteiger partial charge in [0.15, 0.2) is 0 Å². The Morgan fingerprint density at radius 1 is 1.11 bits per heavy atom. The van der Waals surface area contributed by atoms with Gasteiger partial charge < -0.3 is 0 Å². The van der Waals surface area contributed by atoms with Gasteiger partial charge >= 0.3 is 0 Å². The third kappa shape index (κ3) is 34.0. The maximum Gasteiger partial charge on any atom is -0.0377 e. The summed E-state index contributed by atoms with van der Waals surface area (Å²) in [6.45, 7) is 10.6. The van der Waals surface area contributed by atoms with E-state index in [0.29, 0.717) is 0 Å². The second kappa shape index (κ2) is 10.7. The Morgan fingerprint density at radius 3 is 1.44 bits per heavy atom. The first-order valence-electron chi connectivity index (χ1n) is 3.82. The van der Waals surface area contributed by atoms with Crippen LogP contribution in [0.15, 0.2) is 11.6 Å². The lowest BCUT2D eigenvalue weighted by molar-refractivity contribution is 1.09. The molecule has 0 rings (SSSR count). The fraction of sp³-hybridized carbons (Fsp3) is 0.778. The molecule has 9 heavy (non-hydrogen) atoms. The van der Waals surface area contributed by atoms with E-state index in [4.69, 9.17) is 0 Å². The molecule has 0 amide bonds. The van der Waals surface area contributed by atoms with Crippen LogP contribution in [-0.4, -0.2) is 0 Å². The molecular formula is C9H20. The van der Waals surface area contributed by atoms with E-state index in [1.165, 1.54) is 18.4 Å². The SMILES string of the molecule is CCC.CCC=C(C)C. The van der Waals surface area contributed by atoms with E-state index in [2.05, 4.69) is 40.7 Å². The van der Waals surface area contributed by atoms with Crippen molar-refractivity contribution in [1.29, 1.82) is 0 Å². The van der Waals surface area contributed by atoms with Gasteiger partial charge in [0, 0.05) is 0 Å². The summed E-state index contributed by atoms with van der Waals surface area (Å²) in [6.07, 6.45) is 4.63. The Bertz CT molecular complexity index is 56.4. The summed E-state index contributed by atoms with van der Waals surface area (Å²) < 4.78 is 0. The smallest absolute Gasteiger partial charge is 0.0377 e. The Hall–Kier alpha value is -0.260. The second-order valence-corrected chi connectivity index (χ2v) is 2.40. The van der Waals surface area contributed by atoms with Crippen LogP contribution in [0.3, 0.4) is 0 Å². The first-order valence-corrected chi connectivity index (χ1v) is 3.82. The van der Waals surface area contributed by atoms with Crippen molar-refractivity contribution in [3.05, 3.63) is 11.6 Å². The van der Waals surface area contributed by atoms with Gasteiger partial charge in [-0.05, 0) is 20.3 Å². The van der Waals surface area contributed by atoms with Gasteiger partial charge in [0.1, 0.15) is 0 Å². The van der Waals surface area contributed by atoms with Crippen LogP contribution in [0.5, 0.6) is 0 Å². The van der Waals surface area contributed by atoms with Gasteiger partial charge in [0.2, 0.25) is 0 Å². The van der Waals surface area contributed by atoms with Gasteiger partial charge in [-0.3, -0.25) is 0 Å². The Balaban J connectivity index is 0. The van der Waals surface area contributed by atoms with Gasteiger partial charge in [-0.25, -0.2) is 0 Å². The van der Waals surface area contributed by atoms with Crippen LogP contribution in [0, 0.1) is 0 Å². The monoisotopic (exact) mass is 128 g/mol. The van der Waals surface area contributed by atoms with Crippen molar-refractivity contribution in [3.8, 4) is 0 Å². The minimum Gasteiger partial charge on any atom is -0.0862 e. The molecule has 0 fully saturated rings. The summed E-state index contributed by atoms with van der Waals surface area (Å²) >= 11 is 0. The summed E-state index contributed by atoms with van der Waals surface area (Å²) in [6, 6.07) is 0. The third-order valence-electron chi connectivity index (χ3n) is 0.612. The van der Waals surface area contributed by atoms with Crippen LogP contribution >= 0.6 is 0 Å². The van der Waals surface area contributed by atoms with Crippen LogP contribution in [0.2, 0.25) is 0 Å². The molecule has 0 bridgehead atoms. The van der Waals surface area contributed by atoms with Crippen molar-refractivity contribution in [2.24, 2.45) is 0 Å². The van der Waals surface area contributed by atoms with Crippen molar-refractivity contribution in [2.45, 2.75) is 47.5 Å². The van der Waals surface area contributed by atoms with E-state index in [0.717, 1.165) is 0 Å². The van der Waals surface area contributed by atoms with Crippen molar-refractivity contribution >= 4 is 0 Å². The number of allylic oxidation sites excluding steroid dienone is 2. The first-order chi connectivity index (χ1) is 4.18. The fourth-order valence-electron chi connectivity index (χ4n) is 0.408. The van der Waals surface area contributed by atoms with E-state index in [1.54, 1.807) is 0 Å². The maximum atomic E-state index is 2.21. The zero-order valence-corrected chi connectivity index (χ0v) is 7.49. The lowest BCUT2D eigenvalue weighted by Gasteiger charge is -1.80. The summed E-state index contributed by atoms with van der Waals surface area (Å²) in [4.78, 5) is 0. The molecular weight excluding hydrogens is 108 g/mol. The molecule has 0 radical (unpaired) electrons. The summed E-state index contributed by atoms with van der Waals surface area (Å²) in [5.74, 6) is 0. The molecule has 0 aliphatic carbocycles. The fourth-order valence-corrected chi connectivity index (χ4v) is 0.408. The Morgan fingerprint density at radius 2 is 1.44 bits per heavy atom. The summed E-state index contributed by atoms with van der Waals surface area (Å²) in [7, 11) is 0. The zero-order valence-electron chi connectivity index (χ0n) is 7.49. The highest BCUT2D eigenvalue weighted by atomic mass is 13.7. The molecule has 0 heterocycles. The van der Waals surface area contributed by atoms with Gasteiger partial charge in [-0.2, -0.15) is 0 Å². The molecule has 0 nitrogen and oxygen atoms in total. The van der Waals surface area contributed by atoms with Gasteiger partial charge in [-0.15, -0.1) is 0 Å². The van der Waals surface area contributed by atoms with Crippen molar-refractivity contribution in [2.75, 3.05) is 0 Å². The molecule has 0 unspecified atom stereocenters. The second-order valence-electron chi connectivity index (χ2n) is 2.40.